The summed E-state index contributed by atoms with van der Waals surface area (Å²) in [4.78, 5) is 11.8. The molecule has 2 heteroatoms. The largest absolute Gasteiger partial charge is 0.392 e. The van der Waals surface area contributed by atoms with Crippen LogP contribution in [-0.4, -0.2) is 17.0 Å². The minimum atomic E-state index is -0.233. The van der Waals surface area contributed by atoms with Crippen LogP contribution in [0.1, 0.15) is 65.7 Å². The van der Waals surface area contributed by atoms with E-state index in [0.29, 0.717) is 18.3 Å². The molecule has 120 valence electrons. The summed E-state index contributed by atoms with van der Waals surface area (Å²) in [6.45, 7) is 7.01. The van der Waals surface area contributed by atoms with E-state index in [4.69, 9.17) is 0 Å². The second-order valence-corrected chi connectivity index (χ2v) is 8.88. The number of rotatable bonds is 0. The standard InChI is InChI=1S/C20H28O2/c1-19(2)8-7-14-15-5-4-12-10-13(21)6-9-20(12,3)18(15)17(22)11-16(14)19/h10,15,17-18,22H,4-9,11H2,1-3H3/t15-,17+,18+,20-/m0/s1. The Morgan fingerprint density at radius 2 is 1.91 bits per heavy atom. The average molecular weight is 300 g/mol. The van der Waals surface area contributed by atoms with E-state index in [-0.39, 0.29) is 22.7 Å². The molecule has 1 saturated carbocycles. The number of aliphatic hydroxyl groups excluding tert-OH is 1. The third kappa shape index (κ3) is 1.86. The summed E-state index contributed by atoms with van der Waals surface area (Å²) in [7, 11) is 0. The summed E-state index contributed by atoms with van der Waals surface area (Å²) in [6.07, 6.45) is 8.78. The predicted molar refractivity (Wildman–Crippen MR) is 87.3 cm³/mol. The van der Waals surface area contributed by atoms with Crippen molar-refractivity contribution < 1.29 is 9.90 Å². The van der Waals surface area contributed by atoms with Gasteiger partial charge in [0.1, 0.15) is 0 Å². The molecule has 0 heterocycles. The summed E-state index contributed by atoms with van der Waals surface area (Å²) in [6, 6.07) is 0. The SMILES string of the molecule is CC1(C)CCC2=C1C[C@@H](O)[C@H]1[C@H]2CCC2=CC(=O)CC[C@@]21C. The van der Waals surface area contributed by atoms with Crippen molar-refractivity contribution in [2.24, 2.45) is 22.7 Å². The minimum absolute atomic E-state index is 0.0432. The highest BCUT2D eigenvalue weighted by atomic mass is 16.3. The van der Waals surface area contributed by atoms with Gasteiger partial charge in [-0.3, -0.25) is 4.79 Å². The van der Waals surface area contributed by atoms with Gasteiger partial charge in [-0.2, -0.15) is 0 Å². The molecule has 4 atom stereocenters. The quantitative estimate of drug-likeness (QED) is 0.681. The summed E-state index contributed by atoms with van der Waals surface area (Å²) in [5.41, 5.74) is 4.88. The average Bonchev–Trinajstić information content (AvgIpc) is 2.75. The molecule has 4 aliphatic rings. The Labute approximate surface area is 133 Å². The molecule has 0 saturated heterocycles. The Hall–Kier alpha value is -0.890. The molecule has 0 aromatic heterocycles. The molecule has 1 fully saturated rings. The second-order valence-electron chi connectivity index (χ2n) is 8.88. The van der Waals surface area contributed by atoms with Gasteiger partial charge in [0.05, 0.1) is 6.10 Å². The number of carbonyl (C=O) groups excluding carboxylic acids is 1. The van der Waals surface area contributed by atoms with E-state index >= 15 is 0 Å². The Bertz CT molecular complexity index is 595. The monoisotopic (exact) mass is 300 g/mol. The van der Waals surface area contributed by atoms with Crippen LogP contribution in [0.15, 0.2) is 22.8 Å². The number of hydrogen-bond acceptors (Lipinski definition) is 2. The Morgan fingerprint density at radius 1 is 1.14 bits per heavy atom. The molecule has 0 unspecified atom stereocenters. The van der Waals surface area contributed by atoms with Gasteiger partial charge in [-0.25, -0.2) is 0 Å². The lowest BCUT2D eigenvalue weighted by Crippen LogP contribution is -2.49. The fourth-order valence-corrected chi connectivity index (χ4v) is 6.07. The molecule has 2 nitrogen and oxygen atoms in total. The van der Waals surface area contributed by atoms with Crippen LogP contribution in [0.2, 0.25) is 0 Å². The van der Waals surface area contributed by atoms with Crippen molar-refractivity contribution in [2.75, 3.05) is 0 Å². The number of ketones is 1. The zero-order chi connectivity index (χ0) is 15.7. The molecule has 22 heavy (non-hydrogen) atoms. The van der Waals surface area contributed by atoms with Crippen LogP contribution >= 0.6 is 0 Å². The number of allylic oxidation sites excluding steroid dienone is 3. The second kappa shape index (κ2) is 4.56. The lowest BCUT2D eigenvalue weighted by molar-refractivity contribution is -0.117. The maximum absolute atomic E-state index is 11.8. The van der Waals surface area contributed by atoms with Crippen LogP contribution in [0, 0.1) is 22.7 Å². The van der Waals surface area contributed by atoms with Gasteiger partial charge in [0.15, 0.2) is 5.78 Å². The van der Waals surface area contributed by atoms with Crippen molar-refractivity contribution in [1.29, 1.82) is 0 Å². The normalized spacial score (nSPS) is 43.4. The van der Waals surface area contributed by atoms with E-state index in [2.05, 4.69) is 20.8 Å². The van der Waals surface area contributed by atoms with E-state index in [1.165, 1.54) is 18.4 Å². The van der Waals surface area contributed by atoms with Gasteiger partial charge in [-0.05, 0) is 61.3 Å². The number of carbonyl (C=O) groups is 1. The summed E-state index contributed by atoms with van der Waals surface area (Å²) in [5.74, 6) is 1.17. The van der Waals surface area contributed by atoms with Gasteiger partial charge in [0.2, 0.25) is 0 Å². The van der Waals surface area contributed by atoms with Gasteiger partial charge >= 0.3 is 0 Å². The summed E-state index contributed by atoms with van der Waals surface area (Å²) >= 11 is 0. The van der Waals surface area contributed by atoms with Crippen molar-refractivity contribution in [3.8, 4) is 0 Å². The van der Waals surface area contributed by atoms with Crippen molar-refractivity contribution in [3.05, 3.63) is 22.8 Å². The molecule has 0 aromatic carbocycles. The third-order valence-corrected chi connectivity index (χ3v) is 7.35. The van der Waals surface area contributed by atoms with Crippen LogP contribution in [-0.2, 0) is 4.79 Å². The van der Waals surface area contributed by atoms with Gasteiger partial charge in [0, 0.05) is 12.3 Å². The van der Waals surface area contributed by atoms with Crippen molar-refractivity contribution >= 4 is 5.78 Å². The Balaban J connectivity index is 1.78. The minimum Gasteiger partial charge on any atom is -0.392 e. The van der Waals surface area contributed by atoms with Crippen LogP contribution in [0.5, 0.6) is 0 Å². The van der Waals surface area contributed by atoms with E-state index in [1.807, 2.05) is 6.08 Å². The lowest BCUT2D eigenvalue weighted by Gasteiger charge is -2.54. The predicted octanol–water partition coefficient (Wildman–Crippen LogP) is 4.19. The molecule has 0 aliphatic heterocycles. The lowest BCUT2D eigenvalue weighted by atomic mass is 9.51. The van der Waals surface area contributed by atoms with Crippen molar-refractivity contribution in [1.82, 2.24) is 0 Å². The molecular formula is C20H28O2. The highest BCUT2D eigenvalue weighted by Crippen LogP contribution is 2.62. The fourth-order valence-electron chi connectivity index (χ4n) is 6.07. The van der Waals surface area contributed by atoms with Gasteiger partial charge in [-0.15, -0.1) is 0 Å². The Morgan fingerprint density at radius 3 is 2.68 bits per heavy atom. The molecule has 4 aliphatic carbocycles. The van der Waals surface area contributed by atoms with Crippen LogP contribution in [0.3, 0.4) is 0 Å². The molecule has 0 aromatic rings. The van der Waals surface area contributed by atoms with Crippen molar-refractivity contribution in [3.63, 3.8) is 0 Å². The zero-order valence-electron chi connectivity index (χ0n) is 14.1. The van der Waals surface area contributed by atoms with E-state index in [9.17, 15) is 9.90 Å². The van der Waals surface area contributed by atoms with Gasteiger partial charge in [-0.1, -0.05) is 37.5 Å². The van der Waals surface area contributed by atoms with E-state index < -0.39 is 0 Å². The molecule has 0 bridgehead atoms. The molecular weight excluding hydrogens is 272 g/mol. The topological polar surface area (TPSA) is 37.3 Å². The maximum atomic E-state index is 11.8. The highest BCUT2D eigenvalue weighted by molar-refractivity contribution is 5.91. The first-order valence-corrected chi connectivity index (χ1v) is 8.97. The molecule has 0 spiro atoms. The molecule has 0 amide bonds. The summed E-state index contributed by atoms with van der Waals surface area (Å²) < 4.78 is 0. The number of aliphatic hydroxyl groups is 1. The highest BCUT2D eigenvalue weighted by Gasteiger charge is 2.54. The van der Waals surface area contributed by atoms with E-state index in [0.717, 1.165) is 25.7 Å². The third-order valence-electron chi connectivity index (χ3n) is 7.35. The first kappa shape index (κ1) is 14.7. The number of hydrogen-bond donors (Lipinski definition) is 1. The molecule has 0 radical (unpaired) electrons. The molecule has 1 N–H and O–H groups in total. The number of fused-ring (bicyclic) bond motifs is 4. The Kier molecular flexibility index (Phi) is 3.05. The smallest absolute Gasteiger partial charge is 0.155 e. The van der Waals surface area contributed by atoms with Gasteiger partial charge < -0.3 is 5.11 Å². The first-order valence-electron chi connectivity index (χ1n) is 8.97. The fraction of sp³-hybridized carbons (Fsp3) is 0.750. The summed E-state index contributed by atoms with van der Waals surface area (Å²) in [5, 5.41) is 11.0. The first-order chi connectivity index (χ1) is 10.3. The van der Waals surface area contributed by atoms with Crippen molar-refractivity contribution in [2.45, 2.75) is 71.8 Å². The van der Waals surface area contributed by atoms with Crippen LogP contribution in [0.4, 0.5) is 0 Å². The zero-order valence-corrected chi connectivity index (χ0v) is 14.1. The van der Waals surface area contributed by atoms with Gasteiger partial charge in [0.25, 0.3) is 0 Å². The van der Waals surface area contributed by atoms with Crippen LogP contribution in [0.25, 0.3) is 0 Å². The van der Waals surface area contributed by atoms with E-state index in [1.54, 1.807) is 11.1 Å². The van der Waals surface area contributed by atoms with Crippen LogP contribution < -0.4 is 0 Å². The molecule has 4 rings (SSSR count). The maximum Gasteiger partial charge on any atom is 0.155 e.